The van der Waals surface area contributed by atoms with Crippen LogP contribution in [0, 0.1) is 0 Å². The maximum atomic E-state index is 12.7. The number of nitrogens with one attached hydrogen (secondary N) is 2. The first-order chi connectivity index (χ1) is 14.6. The van der Waals surface area contributed by atoms with Crippen LogP contribution in [0.4, 0.5) is 14.5 Å². The van der Waals surface area contributed by atoms with Crippen molar-refractivity contribution in [2.45, 2.75) is 32.5 Å². The van der Waals surface area contributed by atoms with Gasteiger partial charge < -0.3 is 25.0 Å². The highest BCUT2D eigenvalue weighted by Gasteiger charge is 2.26. The van der Waals surface area contributed by atoms with E-state index in [0.29, 0.717) is 37.2 Å². The summed E-state index contributed by atoms with van der Waals surface area (Å²) in [5.41, 5.74) is 1.61. The second-order valence-corrected chi connectivity index (χ2v) is 6.75. The Morgan fingerprint density at radius 1 is 1.29 bits per heavy atom. The van der Waals surface area contributed by atoms with E-state index in [4.69, 9.17) is 4.74 Å². The second kappa shape index (κ2) is 12.5. The van der Waals surface area contributed by atoms with Crippen molar-refractivity contribution < 1.29 is 18.3 Å². The smallest absolute Gasteiger partial charge is 0.387 e. The van der Waals surface area contributed by atoms with Crippen LogP contribution in [0.5, 0.6) is 11.6 Å². The van der Waals surface area contributed by atoms with E-state index in [0.717, 1.165) is 18.5 Å². The van der Waals surface area contributed by atoms with Gasteiger partial charge >= 0.3 is 6.61 Å². The average molecular weight is 547 g/mol. The van der Waals surface area contributed by atoms with Crippen LogP contribution in [-0.4, -0.2) is 50.3 Å². The van der Waals surface area contributed by atoms with Gasteiger partial charge in [0.1, 0.15) is 5.75 Å². The van der Waals surface area contributed by atoms with Crippen molar-refractivity contribution in [2.75, 3.05) is 31.6 Å². The third kappa shape index (κ3) is 7.08. The Balaban J connectivity index is 0.00000341. The van der Waals surface area contributed by atoms with E-state index in [9.17, 15) is 8.78 Å². The second-order valence-electron chi connectivity index (χ2n) is 6.75. The molecular weight excluding hydrogens is 519 g/mol. The number of guanidine groups is 1. The van der Waals surface area contributed by atoms with Gasteiger partial charge in [0.2, 0.25) is 5.88 Å². The number of hydrogen-bond acceptors (Lipinski definition) is 5. The first kappa shape index (κ1) is 24.9. The van der Waals surface area contributed by atoms with Gasteiger partial charge in [-0.3, -0.25) is 4.99 Å². The number of aromatic nitrogens is 1. The molecule has 1 aromatic carbocycles. The SMILES string of the molecule is CCOc1ncccc1CNC(=NC)NC1CCN(c2ccccc2OC(F)F)C1.I. The van der Waals surface area contributed by atoms with Crippen molar-refractivity contribution in [2.24, 2.45) is 4.99 Å². The number of nitrogens with zero attached hydrogens (tertiary/aromatic N) is 3. The fraction of sp³-hybridized carbons (Fsp3) is 0.429. The van der Waals surface area contributed by atoms with Crippen molar-refractivity contribution in [3.8, 4) is 11.6 Å². The summed E-state index contributed by atoms with van der Waals surface area (Å²) in [6.07, 6.45) is 2.55. The standard InChI is InChI=1S/C21H27F2N5O2.HI/c1-3-29-19-15(7-6-11-25-19)13-26-21(24-2)27-16-10-12-28(14-16)17-8-4-5-9-18(17)30-20(22)23;/h4-9,11,16,20H,3,10,12-14H2,1-2H3,(H2,24,26,27);1H. The Kier molecular flexibility index (Phi) is 10.0. The Morgan fingerprint density at radius 2 is 2.10 bits per heavy atom. The van der Waals surface area contributed by atoms with Gasteiger partial charge in [-0.15, -0.1) is 24.0 Å². The Morgan fingerprint density at radius 3 is 2.84 bits per heavy atom. The van der Waals surface area contributed by atoms with Crippen LogP contribution in [0.3, 0.4) is 0 Å². The van der Waals surface area contributed by atoms with Gasteiger partial charge in [0.25, 0.3) is 0 Å². The normalized spacial score (nSPS) is 16.1. The lowest BCUT2D eigenvalue weighted by molar-refractivity contribution is -0.0495. The number of anilines is 1. The predicted octanol–water partition coefficient (Wildman–Crippen LogP) is 3.64. The van der Waals surface area contributed by atoms with Gasteiger partial charge in [0, 0.05) is 44.5 Å². The lowest BCUT2D eigenvalue weighted by Gasteiger charge is -2.22. The number of aliphatic imine (C=N–C) groups is 1. The highest BCUT2D eigenvalue weighted by atomic mass is 127. The van der Waals surface area contributed by atoms with Gasteiger partial charge in [-0.25, -0.2) is 4.98 Å². The van der Waals surface area contributed by atoms with E-state index in [1.54, 1.807) is 31.4 Å². The zero-order valence-corrected chi connectivity index (χ0v) is 19.9. The van der Waals surface area contributed by atoms with Crippen LogP contribution in [0.2, 0.25) is 0 Å². The number of rotatable bonds is 8. The van der Waals surface area contributed by atoms with Crippen LogP contribution in [0.1, 0.15) is 18.9 Å². The zero-order chi connectivity index (χ0) is 21.3. The van der Waals surface area contributed by atoms with Crippen LogP contribution in [0.15, 0.2) is 47.6 Å². The predicted molar refractivity (Wildman–Crippen MR) is 128 cm³/mol. The third-order valence-electron chi connectivity index (χ3n) is 4.75. The monoisotopic (exact) mass is 547 g/mol. The number of benzene rings is 1. The van der Waals surface area contributed by atoms with Crippen molar-refractivity contribution in [1.29, 1.82) is 0 Å². The van der Waals surface area contributed by atoms with Crippen LogP contribution < -0.4 is 25.0 Å². The molecule has 0 bridgehead atoms. The highest BCUT2D eigenvalue weighted by molar-refractivity contribution is 14.0. The molecular formula is C21H28F2IN5O2. The molecule has 1 saturated heterocycles. The third-order valence-corrected chi connectivity index (χ3v) is 4.75. The molecule has 10 heteroatoms. The molecule has 1 aliphatic heterocycles. The molecule has 1 fully saturated rings. The van der Waals surface area contributed by atoms with Gasteiger partial charge in [0.05, 0.1) is 12.3 Å². The van der Waals surface area contributed by atoms with Crippen molar-refractivity contribution in [3.05, 3.63) is 48.2 Å². The number of para-hydroxylation sites is 2. The molecule has 7 nitrogen and oxygen atoms in total. The minimum Gasteiger partial charge on any atom is -0.478 e. The van der Waals surface area contributed by atoms with Crippen LogP contribution >= 0.6 is 24.0 Å². The van der Waals surface area contributed by atoms with Gasteiger partial charge in [0.15, 0.2) is 5.96 Å². The molecule has 2 heterocycles. The summed E-state index contributed by atoms with van der Waals surface area (Å²) in [6.45, 7) is 1.52. The highest BCUT2D eigenvalue weighted by Crippen LogP contribution is 2.31. The topological polar surface area (TPSA) is 71.0 Å². The lowest BCUT2D eigenvalue weighted by atomic mass is 10.2. The molecule has 0 saturated carbocycles. The fourth-order valence-corrected chi connectivity index (χ4v) is 3.40. The molecule has 1 aliphatic rings. The number of ether oxygens (including phenoxy) is 2. The van der Waals surface area contributed by atoms with Gasteiger partial charge in [-0.2, -0.15) is 8.78 Å². The molecule has 0 amide bonds. The summed E-state index contributed by atoms with van der Waals surface area (Å²) in [4.78, 5) is 10.6. The summed E-state index contributed by atoms with van der Waals surface area (Å²) >= 11 is 0. The van der Waals surface area contributed by atoms with Crippen LogP contribution in [-0.2, 0) is 6.54 Å². The van der Waals surface area contributed by atoms with E-state index >= 15 is 0 Å². The van der Waals surface area contributed by atoms with E-state index < -0.39 is 6.61 Å². The summed E-state index contributed by atoms with van der Waals surface area (Å²) < 4.78 is 35.6. The molecule has 31 heavy (non-hydrogen) atoms. The fourth-order valence-electron chi connectivity index (χ4n) is 3.40. The molecule has 1 unspecified atom stereocenters. The molecule has 0 spiro atoms. The molecule has 0 radical (unpaired) electrons. The number of pyridine rings is 1. The van der Waals surface area contributed by atoms with E-state index in [1.807, 2.05) is 30.0 Å². The van der Waals surface area contributed by atoms with Crippen molar-refractivity contribution in [3.63, 3.8) is 0 Å². The van der Waals surface area contributed by atoms with Crippen molar-refractivity contribution >= 4 is 35.6 Å². The van der Waals surface area contributed by atoms with Crippen LogP contribution in [0.25, 0.3) is 0 Å². The maximum absolute atomic E-state index is 12.7. The molecule has 170 valence electrons. The Bertz CT molecular complexity index is 856. The summed E-state index contributed by atoms with van der Waals surface area (Å²) in [5.74, 6) is 1.45. The Labute approximate surface area is 198 Å². The van der Waals surface area contributed by atoms with Gasteiger partial charge in [-0.05, 0) is 31.5 Å². The molecule has 2 aromatic rings. The lowest BCUT2D eigenvalue weighted by Crippen LogP contribution is -2.44. The van der Waals surface area contributed by atoms with E-state index in [-0.39, 0.29) is 35.8 Å². The average Bonchev–Trinajstić information content (AvgIpc) is 3.20. The molecule has 1 atom stereocenters. The summed E-state index contributed by atoms with van der Waals surface area (Å²) in [6, 6.07) is 10.8. The number of halogens is 3. The molecule has 0 aliphatic carbocycles. The Hall–Kier alpha value is -2.37. The minimum absolute atomic E-state index is 0. The number of hydrogen-bond donors (Lipinski definition) is 2. The zero-order valence-electron chi connectivity index (χ0n) is 17.6. The van der Waals surface area contributed by atoms with E-state index in [1.165, 1.54) is 0 Å². The first-order valence-electron chi connectivity index (χ1n) is 9.93. The summed E-state index contributed by atoms with van der Waals surface area (Å²) in [5, 5.41) is 6.67. The quantitative estimate of drug-likeness (QED) is 0.299. The van der Waals surface area contributed by atoms with E-state index in [2.05, 4.69) is 25.3 Å². The molecule has 2 N–H and O–H groups in total. The summed E-state index contributed by atoms with van der Waals surface area (Å²) in [7, 11) is 1.71. The van der Waals surface area contributed by atoms with Gasteiger partial charge in [-0.1, -0.05) is 18.2 Å². The van der Waals surface area contributed by atoms with Crippen molar-refractivity contribution in [1.82, 2.24) is 15.6 Å². The maximum Gasteiger partial charge on any atom is 0.387 e. The largest absolute Gasteiger partial charge is 0.478 e. The molecule has 3 rings (SSSR count). The number of alkyl halides is 2. The molecule has 1 aromatic heterocycles. The first-order valence-corrected chi connectivity index (χ1v) is 9.93. The minimum atomic E-state index is -2.85.